The molecular formula is C21H43NO5S. The third-order valence-corrected chi connectivity index (χ3v) is 4.88. The van der Waals surface area contributed by atoms with Crippen molar-refractivity contribution in [3.8, 4) is 0 Å². The molecule has 0 aromatic carbocycles. The quantitative estimate of drug-likeness (QED) is 0.246. The highest BCUT2D eigenvalue weighted by Gasteiger charge is 2.15. The summed E-state index contributed by atoms with van der Waals surface area (Å²) in [4.78, 5) is 11.5. The zero-order valence-corrected chi connectivity index (χ0v) is 19.4. The standard InChI is InChI=1S/C21H43NO5S/c1-21(2,3)27-20(23)22-18-16-14-12-10-8-6-5-7-9-11-13-15-17-19-26-28(4,24)25/h5-19H2,1-4H3,(H,22,23). The van der Waals surface area contributed by atoms with Gasteiger partial charge in [-0.3, -0.25) is 4.18 Å². The molecule has 0 saturated carbocycles. The third kappa shape index (κ3) is 23.2. The van der Waals surface area contributed by atoms with Crippen LogP contribution >= 0.6 is 0 Å². The summed E-state index contributed by atoms with van der Waals surface area (Å²) in [6.07, 6.45) is 16.1. The second kappa shape index (κ2) is 16.0. The second-order valence-electron chi connectivity index (χ2n) is 8.55. The summed E-state index contributed by atoms with van der Waals surface area (Å²) in [6, 6.07) is 0. The van der Waals surface area contributed by atoms with Gasteiger partial charge in [-0.1, -0.05) is 70.6 Å². The molecule has 1 amide bonds. The van der Waals surface area contributed by atoms with E-state index in [-0.39, 0.29) is 6.09 Å². The van der Waals surface area contributed by atoms with Gasteiger partial charge in [0.25, 0.3) is 10.1 Å². The molecule has 0 aliphatic heterocycles. The van der Waals surface area contributed by atoms with E-state index in [1.165, 1.54) is 51.4 Å². The van der Waals surface area contributed by atoms with E-state index in [0.29, 0.717) is 13.2 Å². The van der Waals surface area contributed by atoms with E-state index in [1.807, 2.05) is 20.8 Å². The number of carbonyl (C=O) groups excluding carboxylic acids is 1. The van der Waals surface area contributed by atoms with Crippen LogP contribution in [0.4, 0.5) is 4.79 Å². The predicted molar refractivity (Wildman–Crippen MR) is 115 cm³/mol. The summed E-state index contributed by atoms with van der Waals surface area (Å²) in [5, 5.41) is 2.80. The fraction of sp³-hybridized carbons (Fsp3) is 0.952. The summed E-state index contributed by atoms with van der Waals surface area (Å²) in [5.41, 5.74) is -0.431. The highest BCUT2D eigenvalue weighted by atomic mass is 32.2. The van der Waals surface area contributed by atoms with Gasteiger partial charge in [0.1, 0.15) is 5.60 Å². The highest BCUT2D eigenvalue weighted by molar-refractivity contribution is 7.85. The molecule has 28 heavy (non-hydrogen) atoms. The van der Waals surface area contributed by atoms with Crippen LogP contribution < -0.4 is 5.32 Å². The molecule has 0 aromatic heterocycles. The SMILES string of the molecule is CC(C)(C)OC(=O)NCCCCCCCCCCCCCCCOS(C)(=O)=O. The molecule has 0 aliphatic rings. The van der Waals surface area contributed by atoms with Crippen molar-refractivity contribution >= 4 is 16.2 Å². The summed E-state index contributed by atoms with van der Waals surface area (Å²) in [6.45, 7) is 6.61. The smallest absolute Gasteiger partial charge is 0.407 e. The number of nitrogens with one attached hydrogen (secondary N) is 1. The Hall–Kier alpha value is -0.820. The molecule has 0 bridgehead atoms. The zero-order chi connectivity index (χ0) is 21.3. The molecule has 0 unspecified atom stereocenters. The molecule has 0 fully saturated rings. The Morgan fingerprint density at radius 3 is 1.54 bits per heavy atom. The van der Waals surface area contributed by atoms with Gasteiger partial charge in [-0.05, 0) is 33.6 Å². The fourth-order valence-electron chi connectivity index (χ4n) is 2.89. The topological polar surface area (TPSA) is 81.7 Å². The highest BCUT2D eigenvalue weighted by Crippen LogP contribution is 2.12. The van der Waals surface area contributed by atoms with Crippen LogP contribution in [-0.2, 0) is 19.0 Å². The number of hydrogen-bond acceptors (Lipinski definition) is 5. The zero-order valence-electron chi connectivity index (χ0n) is 18.6. The van der Waals surface area contributed by atoms with Gasteiger partial charge in [-0.25, -0.2) is 4.79 Å². The monoisotopic (exact) mass is 421 g/mol. The molecule has 0 heterocycles. The number of unbranched alkanes of at least 4 members (excludes halogenated alkanes) is 12. The Morgan fingerprint density at radius 2 is 1.14 bits per heavy atom. The van der Waals surface area contributed by atoms with Crippen molar-refractivity contribution in [1.82, 2.24) is 5.32 Å². The van der Waals surface area contributed by atoms with Crippen molar-refractivity contribution in [2.24, 2.45) is 0 Å². The first-order valence-electron chi connectivity index (χ1n) is 10.9. The van der Waals surface area contributed by atoms with E-state index in [1.54, 1.807) is 0 Å². The maximum atomic E-state index is 11.5. The van der Waals surface area contributed by atoms with E-state index < -0.39 is 15.7 Å². The molecule has 6 nitrogen and oxygen atoms in total. The molecule has 7 heteroatoms. The number of rotatable bonds is 17. The molecule has 0 aromatic rings. The average Bonchev–Trinajstić information content (AvgIpc) is 2.55. The van der Waals surface area contributed by atoms with E-state index >= 15 is 0 Å². The third-order valence-electron chi connectivity index (χ3n) is 4.29. The first kappa shape index (κ1) is 27.2. The van der Waals surface area contributed by atoms with Gasteiger partial charge in [0.2, 0.25) is 0 Å². The molecule has 0 aliphatic carbocycles. The van der Waals surface area contributed by atoms with Gasteiger partial charge in [0, 0.05) is 6.54 Å². The Balaban J connectivity index is 3.19. The fourth-order valence-corrected chi connectivity index (χ4v) is 3.31. The molecule has 0 saturated heterocycles. The van der Waals surface area contributed by atoms with Crippen molar-refractivity contribution in [3.63, 3.8) is 0 Å². The first-order chi connectivity index (χ1) is 13.1. The Morgan fingerprint density at radius 1 is 0.750 bits per heavy atom. The van der Waals surface area contributed by atoms with Crippen LogP contribution in [0.5, 0.6) is 0 Å². The molecular weight excluding hydrogens is 378 g/mol. The van der Waals surface area contributed by atoms with Gasteiger partial charge in [0.05, 0.1) is 12.9 Å². The summed E-state index contributed by atoms with van der Waals surface area (Å²) in [7, 11) is -3.27. The van der Waals surface area contributed by atoms with Crippen LogP contribution in [0.15, 0.2) is 0 Å². The van der Waals surface area contributed by atoms with Gasteiger partial charge in [-0.2, -0.15) is 8.42 Å². The lowest BCUT2D eigenvalue weighted by molar-refractivity contribution is 0.0527. The molecule has 0 radical (unpaired) electrons. The van der Waals surface area contributed by atoms with Crippen LogP contribution in [0.3, 0.4) is 0 Å². The van der Waals surface area contributed by atoms with Crippen molar-refractivity contribution in [1.29, 1.82) is 0 Å². The van der Waals surface area contributed by atoms with Crippen LogP contribution in [0, 0.1) is 0 Å². The second-order valence-corrected chi connectivity index (χ2v) is 10.2. The largest absolute Gasteiger partial charge is 0.444 e. The van der Waals surface area contributed by atoms with Gasteiger partial charge in [0.15, 0.2) is 0 Å². The molecule has 1 N–H and O–H groups in total. The lowest BCUT2D eigenvalue weighted by Gasteiger charge is -2.19. The maximum Gasteiger partial charge on any atom is 0.407 e. The van der Waals surface area contributed by atoms with Crippen LogP contribution in [0.25, 0.3) is 0 Å². The van der Waals surface area contributed by atoms with E-state index in [0.717, 1.165) is 38.4 Å². The Kier molecular flexibility index (Phi) is 15.6. The molecule has 168 valence electrons. The minimum Gasteiger partial charge on any atom is -0.444 e. The first-order valence-corrected chi connectivity index (χ1v) is 12.7. The van der Waals surface area contributed by atoms with Crippen molar-refractivity contribution in [3.05, 3.63) is 0 Å². The van der Waals surface area contributed by atoms with Crippen molar-refractivity contribution in [2.45, 2.75) is 110 Å². The minimum absolute atomic E-state index is 0.315. The van der Waals surface area contributed by atoms with Crippen LogP contribution in [0.1, 0.15) is 104 Å². The van der Waals surface area contributed by atoms with Crippen molar-refractivity contribution in [2.75, 3.05) is 19.4 Å². The molecule has 0 rings (SSSR count). The Labute approximate surface area is 173 Å². The average molecular weight is 422 g/mol. The summed E-state index contributed by atoms with van der Waals surface area (Å²) >= 11 is 0. The minimum atomic E-state index is -3.27. The van der Waals surface area contributed by atoms with Gasteiger partial charge >= 0.3 is 6.09 Å². The van der Waals surface area contributed by atoms with Crippen LogP contribution in [-0.4, -0.2) is 39.5 Å². The number of carbonyl (C=O) groups is 1. The van der Waals surface area contributed by atoms with Crippen molar-refractivity contribution < 1.29 is 22.1 Å². The normalized spacial score (nSPS) is 12.1. The van der Waals surface area contributed by atoms with Crippen LogP contribution in [0.2, 0.25) is 0 Å². The van der Waals surface area contributed by atoms with E-state index in [4.69, 9.17) is 8.92 Å². The van der Waals surface area contributed by atoms with E-state index in [9.17, 15) is 13.2 Å². The maximum absolute atomic E-state index is 11.5. The van der Waals surface area contributed by atoms with Gasteiger partial charge < -0.3 is 10.1 Å². The van der Waals surface area contributed by atoms with E-state index in [2.05, 4.69) is 5.32 Å². The summed E-state index contributed by atoms with van der Waals surface area (Å²) in [5.74, 6) is 0. The number of amides is 1. The van der Waals surface area contributed by atoms with Gasteiger partial charge in [-0.15, -0.1) is 0 Å². The lowest BCUT2D eigenvalue weighted by atomic mass is 10.0. The number of alkyl carbamates (subject to hydrolysis) is 1. The molecule has 0 spiro atoms. The lowest BCUT2D eigenvalue weighted by Crippen LogP contribution is -2.32. The molecule has 0 atom stereocenters. The Bertz CT molecular complexity index is 486. The predicted octanol–water partition coefficient (Wildman–Crippen LogP) is 5.56. The number of ether oxygens (including phenoxy) is 1. The summed E-state index contributed by atoms with van der Waals surface area (Å²) < 4.78 is 31.5. The number of hydrogen-bond donors (Lipinski definition) is 1.